The van der Waals surface area contributed by atoms with Crippen LogP contribution in [0.15, 0.2) is 133 Å². The summed E-state index contributed by atoms with van der Waals surface area (Å²) in [6.07, 6.45) is 3.72. The van der Waals surface area contributed by atoms with Gasteiger partial charge in [0.15, 0.2) is 0 Å². The molecule has 0 atom stereocenters. The fourth-order valence-corrected chi connectivity index (χ4v) is 10.1. The van der Waals surface area contributed by atoms with Gasteiger partial charge in [-0.3, -0.25) is 0 Å². The highest BCUT2D eigenvalue weighted by molar-refractivity contribution is 5.97. The average Bonchev–Trinajstić information content (AvgIpc) is 3.19. The van der Waals surface area contributed by atoms with Crippen molar-refractivity contribution >= 4 is 34.1 Å². The Morgan fingerprint density at radius 2 is 0.750 bits per heavy atom. The van der Waals surface area contributed by atoms with E-state index in [2.05, 4.69) is 185 Å². The van der Waals surface area contributed by atoms with Crippen molar-refractivity contribution in [2.75, 3.05) is 9.80 Å². The molecule has 0 saturated carbocycles. The smallest absolute Gasteiger partial charge is 0.0538 e. The van der Waals surface area contributed by atoms with Gasteiger partial charge >= 0.3 is 0 Å². The van der Waals surface area contributed by atoms with Crippen LogP contribution in [0.1, 0.15) is 97.2 Å². The van der Waals surface area contributed by atoms with Crippen molar-refractivity contribution in [3.8, 4) is 22.3 Å². The molecule has 0 bridgehead atoms. The summed E-state index contributed by atoms with van der Waals surface area (Å²) in [6.45, 7) is 13.8. The summed E-state index contributed by atoms with van der Waals surface area (Å²) in [7, 11) is 0. The predicted octanol–water partition coefficient (Wildman–Crippen LogP) is 14.2. The maximum Gasteiger partial charge on any atom is 0.0538 e. The molecule has 4 aliphatic heterocycles. The molecule has 0 fully saturated rings. The van der Waals surface area contributed by atoms with Gasteiger partial charge < -0.3 is 9.80 Å². The molecule has 56 heavy (non-hydrogen) atoms. The van der Waals surface area contributed by atoms with E-state index >= 15 is 0 Å². The van der Waals surface area contributed by atoms with Crippen molar-refractivity contribution in [3.63, 3.8) is 0 Å². The zero-order valence-electron chi connectivity index (χ0n) is 33.4. The molecule has 0 N–H and O–H groups in total. The molecule has 274 valence electrons. The van der Waals surface area contributed by atoms with Crippen molar-refractivity contribution in [1.82, 2.24) is 0 Å². The molecule has 0 aliphatic carbocycles. The molecular formula is C54H48N2. The highest BCUT2D eigenvalue weighted by atomic mass is 15.2. The molecular weight excluding hydrogens is 677 g/mol. The standard InChI is InChI=1S/C54H48N2/c1-53(2,3)41-21-15-33(16-22-41)43-25-19-37-27-39-32-50-40(31-49(39)55-47-13-9-7-11-35(47)29-45(43)51(37)55)28-38-20-26-44(34-17-23-42(24-18-34)54(4,5)6)46-30-36-12-8-10-14-48(36)56(50)52(38)46/h7-26,31-32H,27-30H2,1-6H3. The zero-order chi connectivity index (χ0) is 38.1. The average molecular weight is 725 g/mol. The van der Waals surface area contributed by atoms with Crippen molar-refractivity contribution in [3.05, 3.63) is 189 Å². The summed E-state index contributed by atoms with van der Waals surface area (Å²) in [4.78, 5) is 5.23. The summed E-state index contributed by atoms with van der Waals surface area (Å²) in [6, 6.07) is 51.5. The lowest BCUT2D eigenvalue weighted by Gasteiger charge is -2.43. The van der Waals surface area contributed by atoms with Gasteiger partial charge in [-0.15, -0.1) is 0 Å². The molecule has 2 nitrogen and oxygen atoms in total. The number of nitrogens with zero attached hydrogens (tertiary/aromatic N) is 2. The molecule has 4 heterocycles. The molecule has 7 aromatic carbocycles. The number of fused-ring (bicyclic) bond motifs is 8. The fourth-order valence-electron chi connectivity index (χ4n) is 10.1. The van der Waals surface area contributed by atoms with Crippen LogP contribution in [0.4, 0.5) is 34.1 Å². The Kier molecular flexibility index (Phi) is 7.07. The quantitative estimate of drug-likeness (QED) is 0.175. The monoisotopic (exact) mass is 724 g/mol. The molecule has 0 spiro atoms. The number of benzene rings is 7. The highest BCUT2D eigenvalue weighted by Gasteiger charge is 2.38. The second kappa shape index (κ2) is 11.8. The van der Waals surface area contributed by atoms with E-state index in [4.69, 9.17) is 0 Å². The molecule has 0 aromatic heterocycles. The minimum atomic E-state index is 0.125. The largest absolute Gasteiger partial charge is 0.309 e. The second-order valence-corrected chi connectivity index (χ2v) is 18.6. The first-order valence-electron chi connectivity index (χ1n) is 20.4. The van der Waals surface area contributed by atoms with Gasteiger partial charge in [0.05, 0.1) is 22.7 Å². The van der Waals surface area contributed by atoms with Gasteiger partial charge in [0.1, 0.15) is 0 Å². The van der Waals surface area contributed by atoms with Gasteiger partial charge in [-0.1, -0.05) is 151 Å². The van der Waals surface area contributed by atoms with Gasteiger partial charge in [-0.05, 0) is 113 Å². The number of hydrogen-bond donors (Lipinski definition) is 0. The Morgan fingerprint density at radius 1 is 0.357 bits per heavy atom. The van der Waals surface area contributed by atoms with E-state index in [1.54, 1.807) is 0 Å². The Balaban J connectivity index is 1.07. The van der Waals surface area contributed by atoms with E-state index in [1.807, 2.05) is 0 Å². The highest BCUT2D eigenvalue weighted by Crippen LogP contribution is 2.57. The Hall–Kier alpha value is -5.86. The van der Waals surface area contributed by atoms with Crippen LogP contribution >= 0.6 is 0 Å². The number of anilines is 6. The topological polar surface area (TPSA) is 6.48 Å². The summed E-state index contributed by atoms with van der Waals surface area (Å²) >= 11 is 0. The molecule has 0 unspecified atom stereocenters. The Bertz CT molecular complexity index is 2560. The Labute approximate surface area is 332 Å². The minimum Gasteiger partial charge on any atom is -0.309 e. The van der Waals surface area contributed by atoms with E-state index in [1.165, 1.54) is 112 Å². The van der Waals surface area contributed by atoms with Crippen LogP contribution in [-0.4, -0.2) is 0 Å². The summed E-state index contributed by atoms with van der Waals surface area (Å²) in [5, 5.41) is 0. The first-order valence-corrected chi connectivity index (χ1v) is 20.4. The third kappa shape index (κ3) is 5.01. The molecule has 0 saturated heterocycles. The van der Waals surface area contributed by atoms with Crippen molar-refractivity contribution in [1.29, 1.82) is 0 Å². The lowest BCUT2D eigenvalue weighted by molar-refractivity contribution is 0.590. The van der Waals surface area contributed by atoms with Crippen LogP contribution in [0.3, 0.4) is 0 Å². The van der Waals surface area contributed by atoms with Gasteiger partial charge in [0, 0.05) is 37.1 Å². The number of hydrogen-bond acceptors (Lipinski definition) is 2. The van der Waals surface area contributed by atoms with Crippen molar-refractivity contribution < 1.29 is 0 Å². The van der Waals surface area contributed by atoms with Gasteiger partial charge in [-0.25, -0.2) is 0 Å². The van der Waals surface area contributed by atoms with Crippen LogP contribution in [0.25, 0.3) is 22.3 Å². The lowest BCUT2D eigenvalue weighted by atomic mass is 9.79. The van der Waals surface area contributed by atoms with E-state index in [0.717, 1.165) is 25.7 Å². The van der Waals surface area contributed by atoms with Crippen LogP contribution in [0, 0.1) is 0 Å². The van der Waals surface area contributed by atoms with Crippen LogP contribution in [-0.2, 0) is 36.5 Å². The van der Waals surface area contributed by atoms with Crippen molar-refractivity contribution in [2.45, 2.75) is 78.1 Å². The predicted molar refractivity (Wildman–Crippen MR) is 235 cm³/mol. The van der Waals surface area contributed by atoms with Gasteiger partial charge in [0.25, 0.3) is 0 Å². The third-order valence-electron chi connectivity index (χ3n) is 13.0. The summed E-state index contributed by atoms with van der Waals surface area (Å²) < 4.78 is 0. The second-order valence-electron chi connectivity index (χ2n) is 18.6. The number of rotatable bonds is 2. The van der Waals surface area contributed by atoms with Gasteiger partial charge in [0.2, 0.25) is 0 Å². The normalized spacial score (nSPS) is 14.6. The van der Waals surface area contributed by atoms with E-state index < -0.39 is 0 Å². The van der Waals surface area contributed by atoms with E-state index in [-0.39, 0.29) is 10.8 Å². The minimum absolute atomic E-state index is 0.125. The summed E-state index contributed by atoms with van der Waals surface area (Å²) in [5.74, 6) is 0. The molecule has 0 radical (unpaired) electrons. The zero-order valence-corrected chi connectivity index (χ0v) is 33.4. The first kappa shape index (κ1) is 33.5. The third-order valence-corrected chi connectivity index (χ3v) is 13.0. The van der Waals surface area contributed by atoms with Gasteiger partial charge in [-0.2, -0.15) is 0 Å². The van der Waals surface area contributed by atoms with E-state index in [9.17, 15) is 0 Å². The fraction of sp³-hybridized carbons (Fsp3) is 0.222. The molecule has 7 aromatic rings. The maximum atomic E-state index is 2.62. The van der Waals surface area contributed by atoms with Crippen molar-refractivity contribution in [2.24, 2.45) is 0 Å². The molecule has 11 rings (SSSR count). The molecule has 2 heteroatoms. The lowest BCUT2D eigenvalue weighted by Crippen LogP contribution is -2.28. The molecule has 4 aliphatic rings. The van der Waals surface area contributed by atoms with Crippen LogP contribution in [0.2, 0.25) is 0 Å². The molecule has 0 amide bonds. The SMILES string of the molecule is CC(C)(C)c1ccc(-c2ccc3c4c2Cc2ccccc2N4c2cc4c(cc2C3)N2c3ccccc3Cc3c(-c5ccc(C(C)(C)C)cc5)ccc(c32)C4)cc1. The van der Waals surface area contributed by atoms with E-state index in [0.29, 0.717) is 0 Å². The maximum absolute atomic E-state index is 2.62. The summed E-state index contributed by atoms with van der Waals surface area (Å²) in [5.41, 5.74) is 27.6. The van der Waals surface area contributed by atoms with Crippen LogP contribution < -0.4 is 9.80 Å². The number of para-hydroxylation sites is 2. The first-order chi connectivity index (χ1) is 27.0. The van der Waals surface area contributed by atoms with Crippen LogP contribution in [0.5, 0.6) is 0 Å². The Morgan fingerprint density at radius 3 is 1.14 bits per heavy atom.